The van der Waals surface area contributed by atoms with Crippen LogP contribution in [0.2, 0.25) is 0 Å². The fraction of sp³-hybridized carbons (Fsp3) is 0.429. The normalized spacial score (nSPS) is 15.6. The number of oxime groups is 1. The second-order valence-electron chi connectivity index (χ2n) is 7.69. The number of ether oxygens (including phenoxy) is 1. The van der Waals surface area contributed by atoms with Gasteiger partial charge < -0.3 is 15.3 Å². The number of nitrogens with one attached hydrogen (secondary N) is 1. The first-order chi connectivity index (χ1) is 14.8. The van der Waals surface area contributed by atoms with E-state index in [9.17, 15) is 14.4 Å². The first-order valence-corrected chi connectivity index (χ1v) is 10.0. The van der Waals surface area contributed by atoms with Crippen LogP contribution >= 0.6 is 0 Å². The van der Waals surface area contributed by atoms with Crippen molar-refractivity contribution in [3.05, 3.63) is 56.7 Å². The van der Waals surface area contributed by atoms with Crippen LogP contribution < -0.4 is 21.9 Å². The summed E-state index contributed by atoms with van der Waals surface area (Å²) >= 11 is 0. The molecule has 2 aromatic rings. The van der Waals surface area contributed by atoms with Crippen LogP contribution in [-0.2, 0) is 20.9 Å². The molecule has 1 atom stereocenters. The van der Waals surface area contributed by atoms with Gasteiger partial charge in [0.25, 0.3) is 11.5 Å². The third-order valence-electron chi connectivity index (χ3n) is 4.88. The quantitative estimate of drug-likeness (QED) is 0.649. The van der Waals surface area contributed by atoms with Crippen molar-refractivity contribution in [2.24, 2.45) is 11.1 Å². The Kier molecular flexibility index (Phi) is 6.91. The van der Waals surface area contributed by atoms with Crippen LogP contribution in [0.4, 0.5) is 11.5 Å². The SMILES string of the molecule is COCCN(C(=O)C1=NOC(c2ccccc2)C1)c1c(N)n(CC(C)C)c(=O)[nH]c1=O. The molecular weight excluding hydrogens is 402 g/mol. The number of hydrogen-bond donors (Lipinski definition) is 2. The zero-order chi connectivity index (χ0) is 22.5. The Morgan fingerprint density at radius 2 is 2.06 bits per heavy atom. The van der Waals surface area contributed by atoms with Crippen molar-refractivity contribution < 1.29 is 14.4 Å². The molecule has 0 saturated carbocycles. The van der Waals surface area contributed by atoms with E-state index in [4.69, 9.17) is 15.3 Å². The van der Waals surface area contributed by atoms with Crippen molar-refractivity contribution in [1.82, 2.24) is 9.55 Å². The van der Waals surface area contributed by atoms with Gasteiger partial charge in [-0.25, -0.2) is 4.79 Å². The van der Waals surface area contributed by atoms with Gasteiger partial charge in [0, 0.05) is 26.6 Å². The number of aromatic amines is 1. The molecule has 0 radical (unpaired) electrons. The topological polar surface area (TPSA) is 132 Å². The van der Waals surface area contributed by atoms with Crippen LogP contribution in [0.25, 0.3) is 0 Å². The summed E-state index contributed by atoms with van der Waals surface area (Å²) in [5.41, 5.74) is 5.78. The zero-order valence-corrected chi connectivity index (χ0v) is 17.8. The predicted octanol–water partition coefficient (Wildman–Crippen LogP) is 1.27. The number of carbonyl (C=O) groups is 1. The van der Waals surface area contributed by atoms with Crippen molar-refractivity contribution in [3.63, 3.8) is 0 Å². The number of nitrogen functional groups attached to an aromatic ring is 1. The van der Waals surface area contributed by atoms with E-state index in [1.807, 2.05) is 44.2 Å². The molecule has 1 aromatic heterocycles. The van der Waals surface area contributed by atoms with Crippen LogP contribution in [0, 0.1) is 5.92 Å². The molecule has 0 spiro atoms. The van der Waals surface area contributed by atoms with E-state index in [-0.39, 0.29) is 42.7 Å². The van der Waals surface area contributed by atoms with Crippen molar-refractivity contribution in [3.8, 4) is 0 Å². The molecule has 10 heteroatoms. The summed E-state index contributed by atoms with van der Waals surface area (Å²) in [5.74, 6) is -0.505. The lowest BCUT2D eigenvalue weighted by Crippen LogP contribution is -2.45. The Hall–Kier alpha value is -3.40. The molecule has 1 aliphatic heterocycles. The van der Waals surface area contributed by atoms with E-state index in [2.05, 4.69) is 10.1 Å². The molecule has 1 aromatic carbocycles. The van der Waals surface area contributed by atoms with Crippen LogP contribution in [0.15, 0.2) is 45.1 Å². The lowest BCUT2D eigenvalue weighted by atomic mass is 10.0. The molecule has 166 valence electrons. The maximum Gasteiger partial charge on any atom is 0.330 e. The number of nitrogens with zero attached hydrogens (tertiary/aromatic N) is 3. The minimum absolute atomic E-state index is 0.0531. The van der Waals surface area contributed by atoms with Crippen LogP contribution in [0.3, 0.4) is 0 Å². The smallest absolute Gasteiger partial charge is 0.330 e. The van der Waals surface area contributed by atoms with Crippen molar-refractivity contribution in [2.45, 2.75) is 32.9 Å². The largest absolute Gasteiger partial charge is 0.387 e. The second kappa shape index (κ2) is 9.61. The highest BCUT2D eigenvalue weighted by molar-refractivity contribution is 6.44. The summed E-state index contributed by atoms with van der Waals surface area (Å²) < 4.78 is 6.37. The molecule has 0 fully saturated rings. The van der Waals surface area contributed by atoms with E-state index in [1.54, 1.807) is 0 Å². The summed E-state index contributed by atoms with van der Waals surface area (Å²) in [7, 11) is 1.48. The van der Waals surface area contributed by atoms with Gasteiger partial charge in [0.2, 0.25) is 0 Å². The molecule has 0 saturated heterocycles. The van der Waals surface area contributed by atoms with E-state index in [0.29, 0.717) is 6.54 Å². The number of anilines is 2. The van der Waals surface area contributed by atoms with Crippen LogP contribution in [0.5, 0.6) is 0 Å². The zero-order valence-electron chi connectivity index (χ0n) is 17.8. The van der Waals surface area contributed by atoms with Crippen molar-refractivity contribution >= 4 is 23.1 Å². The summed E-state index contributed by atoms with van der Waals surface area (Å²) in [6, 6.07) is 9.42. The standard InChI is InChI=1S/C21H27N5O5/c1-13(2)12-26-18(22)17(19(27)23-21(26)29)25(9-10-30-3)20(28)15-11-16(31-24-15)14-7-5-4-6-8-14/h4-8,13,16H,9-12,22H2,1-3H3,(H,23,27,29). The highest BCUT2D eigenvalue weighted by atomic mass is 16.6. The van der Waals surface area contributed by atoms with E-state index < -0.39 is 23.3 Å². The molecule has 3 N–H and O–H groups in total. The fourth-order valence-corrected chi connectivity index (χ4v) is 3.39. The number of aromatic nitrogens is 2. The van der Waals surface area contributed by atoms with Gasteiger partial charge in [0.15, 0.2) is 11.8 Å². The van der Waals surface area contributed by atoms with Gasteiger partial charge >= 0.3 is 5.69 Å². The molecule has 3 rings (SSSR count). The number of hydrogen-bond acceptors (Lipinski definition) is 7. The monoisotopic (exact) mass is 429 g/mol. The molecule has 2 heterocycles. The minimum atomic E-state index is -0.744. The minimum Gasteiger partial charge on any atom is -0.387 e. The maximum absolute atomic E-state index is 13.3. The molecule has 1 amide bonds. The van der Waals surface area contributed by atoms with Crippen molar-refractivity contribution in [2.75, 3.05) is 30.9 Å². The molecule has 10 nitrogen and oxygen atoms in total. The first kappa shape index (κ1) is 22.3. The number of methoxy groups -OCH3 is 1. The Morgan fingerprint density at radius 1 is 1.35 bits per heavy atom. The van der Waals surface area contributed by atoms with E-state index in [0.717, 1.165) is 5.56 Å². The predicted molar refractivity (Wildman–Crippen MR) is 117 cm³/mol. The number of H-pyrrole nitrogens is 1. The Morgan fingerprint density at radius 3 is 2.71 bits per heavy atom. The van der Waals surface area contributed by atoms with Gasteiger partial charge in [-0.2, -0.15) is 0 Å². The lowest BCUT2D eigenvalue weighted by molar-refractivity contribution is -0.112. The molecule has 1 aliphatic rings. The molecule has 0 aliphatic carbocycles. The fourth-order valence-electron chi connectivity index (χ4n) is 3.39. The number of amides is 1. The number of carbonyl (C=O) groups excluding carboxylic acids is 1. The third-order valence-corrected chi connectivity index (χ3v) is 4.88. The maximum atomic E-state index is 13.3. The number of rotatable bonds is 8. The summed E-state index contributed by atoms with van der Waals surface area (Å²) in [6.45, 7) is 4.33. The number of benzene rings is 1. The lowest BCUT2D eigenvalue weighted by Gasteiger charge is -2.24. The average molecular weight is 429 g/mol. The Bertz CT molecular complexity index is 1070. The van der Waals surface area contributed by atoms with Gasteiger partial charge in [-0.3, -0.25) is 24.0 Å². The Balaban J connectivity index is 1.95. The van der Waals surface area contributed by atoms with E-state index >= 15 is 0 Å². The van der Waals surface area contributed by atoms with Crippen LogP contribution in [-0.4, -0.2) is 41.4 Å². The molecule has 0 bridgehead atoms. The first-order valence-electron chi connectivity index (χ1n) is 10.0. The van der Waals surface area contributed by atoms with E-state index in [1.165, 1.54) is 16.6 Å². The molecule has 31 heavy (non-hydrogen) atoms. The summed E-state index contributed by atoms with van der Waals surface area (Å²) in [6.07, 6.45) is -0.148. The molecular formula is C21H27N5O5. The number of nitrogens with two attached hydrogens (primary N) is 1. The highest BCUT2D eigenvalue weighted by Gasteiger charge is 2.33. The summed E-state index contributed by atoms with van der Waals surface area (Å²) in [5, 5.41) is 3.96. The van der Waals surface area contributed by atoms with Gasteiger partial charge in [-0.1, -0.05) is 49.3 Å². The third kappa shape index (κ3) is 4.85. The van der Waals surface area contributed by atoms with Gasteiger partial charge in [-0.05, 0) is 11.5 Å². The molecule has 1 unspecified atom stereocenters. The van der Waals surface area contributed by atoms with Gasteiger partial charge in [-0.15, -0.1) is 0 Å². The van der Waals surface area contributed by atoms with Gasteiger partial charge in [0.1, 0.15) is 11.5 Å². The average Bonchev–Trinajstić information content (AvgIpc) is 3.23. The summed E-state index contributed by atoms with van der Waals surface area (Å²) in [4.78, 5) is 47.1. The Labute approximate surface area is 179 Å². The second-order valence-corrected chi connectivity index (χ2v) is 7.69. The van der Waals surface area contributed by atoms with Gasteiger partial charge in [0.05, 0.1) is 6.61 Å². The highest BCUT2D eigenvalue weighted by Crippen LogP contribution is 2.28. The van der Waals surface area contributed by atoms with Crippen molar-refractivity contribution in [1.29, 1.82) is 0 Å². The van der Waals surface area contributed by atoms with Crippen LogP contribution in [0.1, 0.15) is 31.9 Å².